The summed E-state index contributed by atoms with van der Waals surface area (Å²) in [7, 11) is 0. The number of unbranched alkanes of at least 4 members (excludes halogenated alkanes) is 5. The number of hydrogen-bond donors (Lipinski definition) is 0. The highest BCUT2D eigenvalue weighted by atomic mass is 79.9. The molecule has 0 radical (unpaired) electrons. The fraction of sp³-hybridized carbons (Fsp3) is 0.667. The highest BCUT2D eigenvalue weighted by molar-refractivity contribution is 9.10. The van der Waals surface area contributed by atoms with Crippen LogP contribution in [0.3, 0.4) is 0 Å². The summed E-state index contributed by atoms with van der Waals surface area (Å²) >= 11 is 3.71. The van der Waals surface area contributed by atoms with Crippen molar-refractivity contribution in [2.24, 2.45) is 0 Å². The summed E-state index contributed by atoms with van der Waals surface area (Å²) in [4.78, 5) is 0. The van der Waals surface area contributed by atoms with Crippen molar-refractivity contribution in [3.8, 4) is 0 Å². The molecule has 1 aromatic rings. The van der Waals surface area contributed by atoms with Gasteiger partial charge in [0.1, 0.15) is 0 Å². The molecule has 1 heteroatoms. The van der Waals surface area contributed by atoms with Gasteiger partial charge in [-0.2, -0.15) is 0 Å². The van der Waals surface area contributed by atoms with E-state index in [1.807, 2.05) is 0 Å². The summed E-state index contributed by atoms with van der Waals surface area (Å²) < 4.78 is 1.29. The standard InChI is InChI=1S/C18H29Br/c1-3-5-6-7-8-9-13-16(12-4-2)17-14-10-11-15-18(17)19/h10-11,14-16H,3-9,12-13H2,1-2H3. The van der Waals surface area contributed by atoms with E-state index in [0.29, 0.717) is 0 Å². The van der Waals surface area contributed by atoms with Gasteiger partial charge in [-0.25, -0.2) is 0 Å². The van der Waals surface area contributed by atoms with Crippen molar-refractivity contribution in [3.05, 3.63) is 34.3 Å². The second-order valence-electron chi connectivity index (χ2n) is 5.56. The van der Waals surface area contributed by atoms with E-state index in [1.165, 1.54) is 67.8 Å². The van der Waals surface area contributed by atoms with E-state index in [-0.39, 0.29) is 0 Å². The van der Waals surface area contributed by atoms with E-state index < -0.39 is 0 Å². The molecule has 108 valence electrons. The molecular weight excluding hydrogens is 296 g/mol. The molecule has 0 aromatic heterocycles. The Kier molecular flexibility index (Phi) is 9.24. The Balaban J connectivity index is 2.39. The Bertz CT molecular complexity index is 332. The van der Waals surface area contributed by atoms with Gasteiger partial charge in [0.15, 0.2) is 0 Å². The molecule has 0 heterocycles. The molecule has 0 saturated heterocycles. The molecule has 0 saturated carbocycles. The number of halogens is 1. The van der Waals surface area contributed by atoms with Gasteiger partial charge in [-0.15, -0.1) is 0 Å². The monoisotopic (exact) mass is 324 g/mol. The van der Waals surface area contributed by atoms with Crippen LogP contribution >= 0.6 is 15.9 Å². The molecule has 0 N–H and O–H groups in total. The van der Waals surface area contributed by atoms with Crippen LogP contribution in [0.4, 0.5) is 0 Å². The fourth-order valence-corrected chi connectivity index (χ4v) is 3.39. The molecule has 0 nitrogen and oxygen atoms in total. The minimum Gasteiger partial charge on any atom is -0.0654 e. The molecule has 0 aliphatic heterocycles. The van der Waals surface area contributed by atoms with Gasteiger partial charge in [-0.05, 0) is 30.4 Å². The van der Waals surface area contributed by atoms with Crippen LogP contribution in [-0.2, 0) is 0 Å². The predicted molar refractivity (Wildman–Crippen MR) is 89.8 cm³/mol. The van der Waals surface area contributed by atoms with Gasteiger partial charge in [-0.3, -0.25) is 0 Å². The van der Waals surface area contributed by atoms with Crippen molar-refractivity contribution in [2.45, 2.75) is 77.6 Å². The minimum atomic E-state index is 0.742. The molecule has 0 spiro atoms. The van der Waals surface area contributed by atoms with Crippen LogP contribution in [-0.4, -0.2) is 0 Å². The average molecular weight is 325 g/mol. The van der Waals surface area contributed by atoms with Gasteiger partial charge in [0, 0.05) is 4.47 Å². The van der Waals surface area contributed by atoms with Crippen LogP contribution in [0.2, 0.25) is 0 Å². The van der Waals surface area contributed by atoms with E-state index >= 15 is 0 Å². The molecule has 0 fully saturated rings. The Morgan fingerprint density at radius 3 is 2.21 bits per heavy atom. The Labute approximate surface area is 128 Å². The molecule has 0 aliphatic carbocycles. The summed E-state index contributed by atoms with van der Waals surface area (Å²) in [6, 6.07) is 8.76. The molecule has 0 bridgehead atoms. The summed E-state index contributed by atoms with van der Waals surface area (Å²) in [6.07, 6.45) is 12.3. The summed E-state index contributed by atoms with van der Waals surface area (Å²) in [5.74, 6) is 0.742. The maximum atomic E-state index is 3.71. The van der Waals surface area contributed by atoms with Gasteiger partial charge in [-0.1, -0.05) is 92.9 Å². The second kappa shape index (κ2) is 10.5. The molecule has 1 rings (SSSR count). The van der Waals surface area contributed by atoms with Crippen LogP contribution in [0.25, 0.3) is 0 Å². The zero-order chi connectivity index (χ0) is 13.9. The molecule has 1 unspecified atom stereocenters. The predicted octanol–water partition coefficient (Wildman–Crippen LogP) is 7.08. The normalized spacial score (nSPS) is 12.6. The van der Waals surface area contributed by atoms with E-state index in [4.69, 9.17) is 0 Å². The summed E-state index contributed by atoms with van der Waals surface area (Å²) in [6.45, 7) is 4.58. The van der Waals surface area contributed by atoms with E-state index in [9.17, 15) is 0 Å². The fourth-order valence-electron chi connectivity index (χ4n) is 2.78. The molecule has 19 heavy (non-hydrogen) atoms. The molecule has 0 aliphatic rings. The van der Waals surface area contributed by atoms with Gasteiger partial charge in [0.2, 0.25) is 0 Å². The Morgan fingerprint density at radius 2 is 1.53 bits per heavy atom. The second-order valence-corrected chi connectivity index (χ2v) is 6.42. The lowest BCUT2D eigenvalue weighted by Crippen LogP contribution is -2.00. The third-order valence-corrected chi connectivity index (χ3v) is 4.61. The highest BCUT2D eigenvalue weighted by Gasteiger charge is 2.12. The maximum Gasteiger partial charge on any atom is 0.0210 e. The smallest absolute Gasteiger partial charge is 0.0210 e. The van der Waals surface area contributed by atoms with Crippen LogP contribution in [0.5, 0.6) is 0 Å². The topological polar surface area (TPSA) is 0 Å². The molecule has 0 amide bonds. The molecule has 1 atom stereocenters. The van der Waals surface area contributed by atoms with E-state index in [0.717, 1.165) is 5.92 Å². The zero-order valence-corrected chi connectivity index (χ0v) is 14.2. The highest BCUT2D eigenvalue weighted by Crippen LogP contribution is 2.32. The lowest BCUT2D eigenvalue weighted by atomic mass is 9.89. The lowest BCUT2D eigenvalue weighted by molar-refractivity contribution is 0.511. The largest absolute Gasteiger partial charge is 0.0654 e. The first-order chi connectivity index (χ1) is 9.29. The number of benzene rings is 1. The number of hydrogen-bond acceptors (Lipinski definition) is 0. The van der Waals surface area contributed by atoms with Crippen molar-refractivity contribution in [1.82, 2.24) is 0 Å². The first kappa shape index (κ1) is 16.8. The van der Waals surface area contributed by atoms with E-state index in [1.54, 1.807) is 0 Å². The van der Waals surface area contributed by atoms with Crippen molar-refractivity contribution >= 4 is 15.9 Å². The molecular formula is C18H29Br. The van der Waals surface area contributed by atoms with Gasteiger partial charge < -0.3 is 0 Å². The first-order valence-corrected chi connectivity index (χ1v) is 8.83. The lowest BCUT2D eigenvalue weighted by Gasteiger charge is -2.18. The SMILES string of the molecule is CCCCCCCCC(CCC)c1ccccc1Br. The minimum absolute atomic E-state index is 0.742. The third-order valence-electron chi connectivity index (χ3n) is 3.89. The quantitative estimate of drug-likeness (QED) is 0.403. The van der Waals surface area contributed by atoms with Crippen molar-refractivity contribution < 1.29 is 0 Å². The average Bonchev–Trinajstić information content (AvgIpc) is 2.42. The van der Waals surface area contributed by atoms with Gasteiger partial charge in [0.25, 0.3) is 0 Å². The van der Waals surface area contributed by atoms with E-state index in [2.05, 4.69) is 54.0 Å². The van der Waals surface area contributed by atoms with Crippen molar-refractivity contribution in [2.75, 3.05) is 0 Å². The van der Waals surface area contributed by atoms with Crippen molar-refractivity contribution in [1.29, 1.82) is 0 Å². The molecule has 1 aromatic carbocycles. The summed E-state index contributed by atoms with van der Waals surface area (Å²) in [5.41, 5.74) is 1.51. The van der Waals surface area contributed by atoms with Crippen LogP contribution in [0.15, 0.2) is 28.7 Å². The van der Waals surface area contributed by atoms with Crippen LogP contribution in [0, 0.1) is 0 Å². The Morgan fingerprint density at radius 1 is 0.842 bits per heavy atom. The van der Waals surface area contributed by atoms with Gasteiger partial charge >= 0.3 is 0 Å². The Hall–Kier alpha value is -0.300. The van der Waals surface area contributed by atoms with Crippen molar-refractivity contribution in [3.63, 3.8) is 0 Å². The summed E-state index contributed by atoms with van der Waals surface area (Å²) in [5, 5.41) is 0. The maximum absolute atomic E-state index is 3.71. The zero-order valence-electron chi connectivity index (χ0n) is 12.6. The third kappa shape index (κ3) is 6.61. The van der Waals surface area contributed by atoms with Crippen LogP contribution in [0.1, 0.15) is 83.1 Å². The van der Waals surface area contributed by atoms with Gasteiger partial charge in [0.05, 0.1) is 0 Å². The van der Waals surface area contributed by atoms with Crippen LogP contribution < -0.4 is 0 Å². The first-order valence-electron chi connectivity index (χ1n) is 8.04. The number of rotatable bonds is 10.